The molecule has 0 unspecified atom stereocenters. The Morgan fingerprint density at radius 2 is 0.712 bits per heavy atom. The molecule has 0 saturated heterocycles. The maximum Gasteiger partial charge on any atom is 0.145 e. The van der Waals surface area contributed by atoms with Crippen LogP contribution in [0.25, 0.3) is 76.9 Å². The van der Waals surface area contributed by atoms with E-state index in [4.69, 9.17) is 4.42 Å². The average Bonchev–Trinajstić information content (AvgIpc) is 3.87. The van der Waals surface area contributed by atoms with E-state index in [0.717, 1.165) is 60.6 Å². The van der Waals surface area contributed by atoms with Gasteiger partial charge in [-0.05, 0) is 84.5 Å². The Morgan fingerprint density at radius 1 is 0.308 bits per heavy atom. The minimum atomic E-state index is -0.687. The summed E-state index contributed by atoms with van der Waals surface area (Å²) in [5.74, 6) is 0. The number of benzene rings is 8. The van der Waals surface area contributed by atoms with Gasteiger partial charge in [0.15, 0.2) is 0 Å². The predicted octanol–water partition coefficient (Wildman–Crippen LogP) is 11.5. The Hall–Kier alpha value is -6.41. The van der Waals surface area contributed by atoms with Crippen LogP contribution in [0.15, 0.2) is 192 Å². The Bertz CT molecular complexity index is 3060. The molecule has 0 atom stereocenters. The largest absolute Gasteiger partial charge is 0.455 e. The van der Waals surface area contributed by atoms with Crippen LogP contribution in [0.5, 0.6) is 0 Å². The predicted molar refractivity (Wildman–Crippen MR) is 221 cm³/mol. The molecule has 244 valence electrons. The zero-order valence-corrected chi connectivity index (χ0v) is 29.0. The first-order chi connectivity index (χ1) is 25.8. The standard InChI is InChI=1S/C48H31N2OP/c1-4-14-32(15-5-1)49-41-22-12-10-20-39(41)45-43(49)30-28-37-38-29-31-44-46(48(38)51-47(37)45)40-21-11-13-23-42(40)50(44)33-24-26-36(27-25-33)52(34-16-6-2-7-17-34)35-18-8-3-9-19-35/h1-31H. The molecule has 0 saturated carbocycles. The summed E-state index contributed by atoms with van der Waals surface area (Å²) in [5, 5.41) is 11.0. The highest BCUT2D eigenvalue weighted by molar-refractivity contribution is 7.79. The average molecular weight is 683 g/mol. The molecule has 0 aliphatic carbocycles. The number of fused-ring (bicyclic) bond motifs is 11. The zero-order valence-electron chi connectivity index (χ0n) is 28.1. The number of aromatic nitrogens is 2. The van der Waals surface area contributed by atoms with Crippen LogP contribution in [0.1, 0.15) is 0 Å². The molecule has 3 aromatic heterocycles. The molecular formula is C48H31N2OP. The molecule has 0 bridgehead atoms. The number of rotatable bonds is 5. The lowest BCUT2D eigenvalue weighted by Crippen LogP contribution is -2.20. The first-order valence-electron chi connectivity index (χ1n) is 17.7. The van der Waals surface area contributed by atoms with Gasteiger partial charge in [0.2, 0.25) is 0 Å². The van der Waals surface area contributed by atoms with Gasteiger partial charge in [0.25, 0.3) is 0 Å². The van der Waals surface area contributed by atoms with Crippen LogP contribution in [0.4, 0.5) is 0 Å². The van der Waals surface area contributed by atoms with Crippen LogP contribution in [0.2, 0.25) is 0 Å². The summed E-state index contributed by atoms with van der Waals surface area (Å²) in [6.07, 6.45) is 0. The molecule has 11 rings (SSSR count). The van der Waals surface area contributed by atoms with E-state index < -0.39 is 7.92 Å². The summed E-state index contributed by atoms with van der Waals surface area (Å²) in [4.78, 5) is 0. The SMILES string of the molecule is c1ccc(-n2c3ccccc3c3c4oc5c(ccc6c5c5ccccc5n6-c5ccc(P(c6ccccc6)c6ccccc6)cc5)c4ccc32)cc1. The molecule has 0 aliphatic rings. The van der Waals surface area contributed by atoms with E-state index in [1.54, 1.807) is 0 Å². The van der Waals surface area contributed by atoms with Crippen molar-refractivity contribution >= 4 is 89.4 Å². The summed E-state index contributed by atoms with van der Waals surface area (Å²) in [6, 6.07) is 68.0. The monoisotopic (exact) mass is 682 g/mol. The number of hydrogen-bond donors (Lipinski definition) is 0. The summed E-state index contributed by atoms with van der Waals surface area (Å²) >= 11 is 0. The van der Waals surface area contributed by atoms with Crippen molar-refractivity contribution in [3.05, 3.63) is 188 Å². The minimum Gasteiger partial charge on any atom is -0.455 e. The summed E-state index contributed by atoms with van der Waals surface area (Å²) in [7, 11) is -0.687. The van der Waals surface area contributed by atoms with Crippen LogP contribution in [-0.4, -0.2) is 9.13 Å². The van der Waals surface area contributed by atoms with Gasteiger partial charge in [-0.1, -0.05) is 127 Å². The van der Waals surface area contributed by atoms with Crippen molar-refractivity contribution in [2.24, 2.45) is 0 Å². The lowest BCUT2D eigenvalue weighted by Gasteiger charge is -2.20. The molecule has 0 radical (unpaired) electrons. The van der Waals surface area contributed by atoms with E-state index in [-0.39, 0.29) is 0 Å². The molecule has 0 spiro atoms. The second-order valence-corrected chi connectivity index (χ2v) is 15.6. The highest BCUT2D eigenvalue weighted by Gasteiger charge is 2.23. The Balaban J connectivity index is 1.13. The van der Waals surface area contributed by atoms with Gasteiger partial charge in [0.05, 0.1) is 32.8 Å². The second-order valence-electron chi connectivity index (χ2n) is 13.3. The number of hydrogen-bond acceptors (Lipinski definition) is 1. The fourth-order valence-corrected chi connectivity index (χ4v) is 10.6. The van der Waals surface area contributed by atoms with Crippen molar-refractivity contribution in [2.75, 3.05) is 0 Å². The fourth-order valence-electron chi connectivity index (χ4n) is 8.28. The van der Waals surface area contributed by atoms with E-state index in [2.05, 4.69) is 197 Å². The zero-order chi connectivity index (χ0) is 34.2. The van der Waals surface area contributed by atoms with E-state index in [9.17, 15) is 0 Å². The van der Waals surface area contributed by atoms with Crippen molar-refractivity contribution in [3.8, 4) is 11.4 Å². The molecular weight excluding hydrogens is 652 g/mol. The van der Waals surface area contributed by atoms with Gasteiger partial charge in [-0.15, -0.1) is 0 Å². The van der Waals surface area contributed by atoms with Crippen molar-refractivity contribution in [1.29, 1.82) is 0 Å². The highest BCUT2D eigenvalue weighted by Crippen LogP contribution is 2.44. The van der Waals surface area contributed by atoms with Crippen molar-refractivity contribution in [2.45, 2.75) is 0 Å². The number of nitrogens with zero attached hydrogens (tertiary/aromatic N) is 2. The lowest BCUT2D eigenvalue weighted by molar-refractivity contribution is 0.677. The molecule has 3 nitrogen and oxygen atoms in total. The van der Waals surface area contributed by atoms with Gasteiger partial charge in [-0.2, -0.15) is 0 Å². The van der Waals surface area contributed by atoms with Crippen LogP contribution in [0, 0.1) is 0 Å². The van der Waals surface area contributed by atoms with Crippen molar-refractivity contribution in [3.63, 3.8) is 0 Å². The molecule has 0 fully saturated rings. The minimum absolute atomic E-state index is 0.687. The Morgan fingerprint density at radius 3 is 1.21 bits per heavy atom. The third-order valence-electron chi connectivity index (χ3n) is 10.5. The summed E-state index contributed by atoms with van der Waals surface area (Å²) in [5.41, 5.74) is 8.75. The maximum atomic E-state index is 7.12. The van der Waals surface area contributed by atoms with Gasteiger partial charge >= 0.3 is 0 Å². The Kier molecular flexibility index (Phi) is 6.52. The summed E-state index contributed by atoms with van der Waals surface area (Å²) in [6.45, 7) is 0. The van der Waals surface area contributed by atoms with E-state index >= 15 is 0 Å². The van der Waals surface area contributed by atoms with E-state index in [1.165, 1.54) is 32.2 Å². The third kappa shape index (κ3) is 4.30. The Labute approximate surface area is 301 Å². The molecule has 3 heterocycles. The number of para-hydroxylation sites is 3. The second kappa shape index (κ2) is 11.6. The van der Waals surface area contributed by atoms with Crippen LogP contribution in [-0.2, 0) is 0 Å². The van der Waals surface area contributed by atoms with Crippen LogP contribution < -0.4 is 15.9 Å². The molecule has 11 aromatic rings. The van der Waals surface area contributed by atoms with Gasteiger partial charge < -0.3 is 13.6 Å². The normalized spacial score (nSPS) is 12.0. The molecule has 0 N–H and O–H groups in total. The van der Waals surface area contributed by atoms with Crippen molar-refractivity contribution in [1.82, 2.24) is 9.13 Å². The van der Waals surface area contributed by atoms with Gasteiger partial charge in [0, 0.05) is 32.9 Å². The van der Waals surface area contributed by atoms with E-state index in [1.807, 2.05) is 0 Å². The lowest BCUT2D eigenvalue weighted by atomic mass is 10.1. The molecule has 4 heteroatoms. The molecule has 52 heavy (non-hydrogen) atoms. The first kappa shape index (κ1) is 29.3. The fraction of sp³-hybridized carbons (Fsp3) is 0. The third-order valence-corrected chi connectivity index (χ3v) is 12.9. The quantitative estimate of drug-likeness (QED) is 0.166. The maximum absolute atomic E-state index is 7.12. The van der Waals surface area contributed by atoms with Crippen LogP contribution >= 0.6 is 7.92 Å². The topological polar surface area (TPSA) is 23.0 Å². The van der Waals surface area contributed by atoms with E-state index in [0.29, 0.717) is 0 Å². The highest BCUT2D eigenvalue weighted by atomic mass is 31.1. The first-order valence-corrected chi connectivity index (χ1v) is 19.0. The summed E-state index contributed by atoms with van der Waals surface area (Å²) < 4.78 is 11.9. The van der Waals surface area contributed by atoms with Gasteiger partial charge in [-0.25, -0.2) is 0 Å². The van der Waals surface area contributed by atoms with Gasteiger partial charge in [-0.3, -0.25) is 0 Å². The van der Waals surface area contributed by atoms with Gasteiger partial charge in [0.1, 0.15) is 11.2 Å². The molecule has 8 aromatic carbocycles. The van der Waals surface area contributed by atoms with Crippen LogP contribution in [0.3, 0.4) is 0 Å². The molecule has 0 aliphatic heterocycles. The smallest absolute Gasteiger partial charge is 0.145 e. The number of furan rings is 1. The van der Waals surface area contributed by atoms with Crippen molar-refractivity contribution < 1.29 is 4.42 Å². The molecule has 0 amide bonds.